The second-order valence-corrected chi connectivity index (χ2v) is 16.5. The largest absolute Gasteiger partial charge is 0.476 e. The molecule has 69 heavy (non-hydrogen) atoms. The molecule has 0 atom stereocenters. The molecule has 14 nitrogen and oxygen atoms in total. The van der Waals surface area contributed by atoms with E-state index in [9.17, 15) is 44.7 Å². The van der Waals surface area contributed by atoms with E-state index in [0.29, 0.717) is 40.7 Å². The van der Waals surface area contributed by atoms with Gasteiger partial charge in [-0.05, 0) is 80.6 Å². The van der Waals surface area contributed by atoms with Gasteiger partial charge in [0.15, 0.2) is 5.83 Å². The number of amides is 1. The van der Waals surface area contributed by atoms with Crippen LogP contribution in [0.2, 0.25) is 10.0 Å². The smallest absolute Gasteiger partial charge is 0.418 e. The first-order valence-corrected chi connectivity index (χ1v) is 21.4. The third-order valence-electron chi connectivity index (χ3n) is 10.9. The van der Waals surface area contributed by atoms with E-state index in [2.05, 4.69) is 48.0 Å². The van der Waals surface area contributed by atoms with Crippen LogP contribution >= 0.6 is 23.2 Å². The molecule has 6 heterocycles. The molecule has 2 saturated heterocycles. The molecule has 0 saturated carbocycles. The second kappa shape index (κ2) is 20.7. The number of halogens is 10. The number of aryl methyl sites for hydroxylation is 2. The van der Waals surface area contributed by atoms with Gasteiger partial charge in [0.05, 0.1) is 43.6 Å². The molecule has 2 aliphatic rings. The van der Waals surface area contributed by atoms with Crippen molar-refractivity contribution in [3.63, 3.8) is 0 Å². The van der Waals surface area contributed by atoms with Crippen molar-refractivity contribution in [2.24, 2.45) is 0 Å². The van der Waals surface area contributed by atoms with E-state index in [4.69, 9.17) is 39.8 Å². The van der Waals surface area contributed by atoms with Crippen molar-refractivity contribution >= 4 is 80.2 Å². The van der Waals surface area contributed by atoms with Crippen LogP contribution in [0.3, 0.4) is 0 Å². The second-order valence-electron chi connectivity index (χ2n) is 15.7. The van der Waals surface area contributed by atoms with Crippen LogP contribution < -0.4 is 21.3 Å². The van der Waals surface area contributed by atoms with Crippen molar-refractivity contribution in [3.8, 4) is 22.5 Å². The van der Waals surface area contributed by atoms with Crippen molar-refractivity contribution < 1.29 is 49.8 Å². The number of pyridine rings is 2. The Labute approximate surface area is 398 Å². The average molecular weight is 1010 g/mol. The average Bonchev–Trinajstić information content (AvgIpc) is 3.27. The number of hydrogen-bond acceptors (Lipinski definition) is 12. The third kappa shape index (κ3) is 11.7. The lowest BCUT2D eigenvalue weighted by molar-refractivity contribution is -0.138. The van der Waals surface area contributed by atoms with E-state index in [1.165, 1.54) is 62.1 Å². The monoisotopic (exact) mass is 1010 g/mol. The normalized spacial score (nSPS) is 14.2. The Balaban J connectivity index is 0.000000205. The summed E-state index contributed by atoms with van der Waals surface area (Å²) in [6.45, 7) is 11.2. The first kappa shape index (κ1) is 51.5. The number of piperidine rings is 1. The summed E-state index contributed by atoms with van der Waals surface area (Å²) in [5, 5.41) is 8.91. The summed E-state index contributed by atoms with van der Waals surface area (Å²) in [4.78, 5) is 51.5. The molecule has 1 amide bonds. The maximum absolute atomic E-state index is 13.8. The van der Waals surface area contributed by atoms with E-state index in [1.54, 1.807) is 6.07 Å². The molecule has 0 bridgehead atoms. The van der Waals surface area contributed by atoms with Gasteiger partial charge in [-0.3, -0.25) is 4.79 Å². The maximum Gasteiger partial charge on any atom is 0.418 e. The van der Waals surface area contributed by atoms with Crippen LogP contribution in [0.15, 0.2) is 73.9 Å². The van der Waals surface area contributed by atoms with Crippen molar-refractivity contribution in [1.82, 2.24) is 34.8 Å². The highest BCUT2D eigenvalue weighted by Gasteiger charge is 2.39. The number of anilines is 4. The zero-order chi connectivity index (χ0) is 50.7. The minimum atomic E-state index is -4.67. The zero-order valence-electron chi connectivity index (χ0n) is 36.6. The number of fused-ring (bicyclic) bond motifs is 2. The number of aliphatic carboxylic acids is 1. The zero-order valence-corrected chi connectivity index (χ0v) is 38.1. The fraction of sp³-hybridized carbons (Fsp3) is 0.289. The first-order chi connectivity index (χ1) is 32.4. The highest BCUT2D eigenvalue weighted by atomic mass is 35.5. The Morgan fingerprint density at radius 1 is 0.623 bits per heavy atom. The van der Waals surface area contributed by atoms with Gasteiger partial charge >= 0.3 is 18.3 Å². The molecule has 2 aromatic carbocycles. The highest BCUT2D eigenvalue weighted by Crippen LogP contribution is 2.44. The number of hydrogen-bond donors (Lipinski definition) is 3. The molecule has 4 aromatic heterocycles. The number of carboxylic acid groups (broad SMARTS) is 1. The minimum absolute atomic E-state index is 0.00152. The molecule has 0 aliphatic carbocycles. The fourth-order valence-electron chi connectivity index (χ4n) is 7.89. The SMILES string of the molecule is C=C(F)C(=O)N1CCN(c2ncnc3cc(-c4nc(N)cc(C)c4C(F)(F)F)c(Cl)cc23)CC1.C=C(F)C(=O)O.Cc1cc(N)nc(-c2cc3ncnc(N4CCCCC4)c3cc2Cl)c1C(F)(F)F. The summed E-state index contributed by atoms with van der Waals surface area (Å²) in [6.07, 6.45) is -3.24. The molecule has 0 radical (unpaired) electrons. The van der Waals surface area contributed by atoms with Crippen molar-refractivity contribution in [3.05, 3.63) is 106 Å². The van der Waals surface area contributed by atoms with Gasteiger partial charge in [-0.25, -0.2) is 39.1 Å². The lowest BCUT2D eigenvalue weighted by atomic mass is 9.99. The van der Waals surface area contributed by atoms with E-state index in [-0.39, 0.29) is 68.4 Å². The van der Waals surface area contributed by atoms with Crippen molar-refractivity contribution in [2.75, 3.05) is 60.5 Å². The summed E-state index contributed by atoms with van der Waals surface area (Å²) in [5.41, 5.74) is 10.0. The topological polar surface area (TPSA) is 193 Å². The van der Waals surface area contributed by atoms with Gasteiger partial charge in [-0.15, -0.1) is 0 Å². The maximum atomic E-state index is 13.8. The van der Waals surface area contributed by atoms with E-state index < -0.39 is 47.0 Å². The number of nitrogens with two attached hydrogens (primary N) is 2. The Kier molecular flexibility index (Phi) is 15.5. The van der Waals surface area contributed by atoms with Gasteiger partial charge in [0.1, 0.15) is 35.9 Å². The molecule has 2 aliphatic heterocycles. The lowest BCUT2D eigenvalue weighted by Gasteiger charge is -2.35. The number of aromatic nitrogens is 6. The molecule has 2 fully saturated rings. The molecule has 6 aromatic rings. The Hall–Kier alpha value is -6.94. The number of carboxylic acids is 1. The van der Waals surface area contributed by atoms with Gasteiger partial charge < -0.3 is 31.3 Å². The van der Waals surface area contributed by atoms with Gasteiger partial charge in [-0.2, -0.15) is 30.7 Å². The molecule has 0 unspecified atom stereocenters. The van der Waals surface area contributed by atoms with Crippen LogP contribution in [0.25, 0.3) is 44.3 Å². The summed E-state index contributed by atoms with van der Waals surface area (Å²) < 4.78 is 107. The minimum Gasteiger partial charge on any atom is -0.476 e. The van der Waals surface area contributed by atoms with Crippen LogP contribution in [-0.2, 0) is 21.9 Å². The van der Waals surface area contributed by atoms with Crippen molar-refractivity contribution in [2.45, 2.75) is 45.5 Å². The Bertz CT molecular complexity index is 2970. The molecule has 5 N–H and O–H groups in total. The Morgan fingerprint density at radius 2 is 1.01 bits per heavy atom. The van der Waals surface area contributed by atoms with E-state index in [0.717, 1.165) is 37.8 Å². The summed E-state index contributed by atoms with van der Waals surface area (Å²) >= 11 is 12.9. The van der Waals surface area contributed by atoms with Crippen LogP contribution in [0.5, 0.6) is 0 Å². The predicted molar refractivity (Wildman–Crippen MR) is 247 cm³/mol. The summed E-state index contributed by atoms with van der Waals surface area (Å²) in [6, 6.07) is 8.43. The van der Waals surface area contributed by atoms with E-state index >= 15 is 0 Å². The van der Waals surface area contributed by atoms with Crippen molar-refractivity contribution in [1.29, 1.82) is 0 Å². The number of nitrogen functional groups attached to an aromatic ring is 2. The summed E-state index contributed by atoms with van der Waals surface area (Å²) in [5.74, 6) is -3.53. The number of nitrogens with zero attached hydrogens (tertiary/aromatic N) is 9. The number of carbonyl (C=O) groups excluding carboxylic acids is 1. The number of benzene rings is 2. The molecular formula is C45H41Cl2F8N11O3. The summed E-state index contributed by atoms with van der Waals surface area (Å²) in [7, 11) is 0. The third-order valence-corrected chi connectivity index (χ3v) is 11.6. The highest BCUT2D eigenvalue weighted by molar-refractivity contribution is 6.35. The standard InChI is InChI=1S/C22H19ClF4N6O.C20H19ClF3N5.C3H3FO2/c1-11-7-17(28)31-19(18(11)22(25,26)27)13-9-16-14(8-15(13)23)20(30-10-29-16)32-3-5-33(6-4-32)21(34)12(2)24;1-11-7-16(25)28-18(17(11)20(22,23)24)12-9-15-13(8-14(12)21)19(27-10-26-15)29-5-3-2-4-6-29;1-2(4)3(5)6/h7-10H,2-6H2,1H3,(H2,28,31);7-10H,2-6H2,1H3,(H2,25,28);1H2,(H,5,6). The van der Waals surface area contributed by atoms with Gasteiger partial charge in [0.25, 0.3) is 5.91 Å². The first-order valence-electron chi connectivity index (χ1n) is 20.7. The molecule has 364 valence electrons. The Morgan fingerprint density at radius 3 is 1.38 bits per heavy atom. The molecule has 24 heteroatoms. The lowest BCUT2D eigenvalue weighted by Crippen LogP contribution is -2.49. The van der Waals surface area contributed by atoms with Gasteiger partial charge in [0.2, 0.25) is 5.83 Å². The number of piperazine rings is 1. The van der Waals surface area contributed by atoms with Crippen LogP contribution in [-0.4, -0.2) is 91.1 Å². The number of alkyl halides is 6. The van der Waals surface area contributed by atoms with Gasteiger partial charge in [0, 0.05) is 61.2 Å². The predicted octanol–water partition coefficient (Wildman–Crippen LogP) is 10.2. The van der Waals surface area contributed by atoms with Crippen LogP contribution in [0, 0.1) is 13.8 Å². The molecule has 8 rings (SSSR count). The van der Waals surface area contributed by atoms with E-state index in [1.807, 2.05) is 4.90 Å². The van der Waals surface area contributed by atoms with Gasteiger partial charge in [-0.1, -0.05) is 36.4 Å². The number of rotatable bonds is 6. The fourth-order valence-corrected chi connectivity index (χ4v) is 8.40. The quantitative estimate of drug-likeness (QED) is 0.106. The number of carbonyl (C=O) groups is 2. The molecular weight excluding hydrogens is 965 g/mol. The van der Waals surface area contributed by atoms with Crippen LogP contribution in [0.1, 0.15) is 41.5 Å². The molecule has 0 spiro atoms. The van der Waals surface area contributed by atoms with Crippen LogP contribution in [0.4, 0.5) is 58.4 Å².